The number of unbranched alkanes of at least 4 members (excludes halogenated alkanes) is 10. The number of carbonyl (C=O) groups excluding carboxylic acids is 2. The van der Waals surface area contributed by atoms with Crippen molar-refractivity contribution in [2.45, 2.75) is 117 Å². The lowest BCUT2D eigenvalue weighted by molar-refractivity contribution is -0.144. The van der Waals surface area contributed by atoms with Gasteiger partial charge in [-0.1, -0.05) is 90.2 Å². The van der Waals surface area contributed by atoms with Crippen LogP contribution < -0.4 is 11.1 Å². The molecule has 6 heterocycles. The minimum absolute atomic E-state index is 0.113. The molecule has 0 aliphatic rings. The van der Waals surface area contributed by atoms with E-state index in [1.807, 2.05) is 12.1 Å². The Hall–Kier alpha value is -4.54. The molecule has 0 saturated heterocycles. The second kappa shape index (κ2) is 16.9. The molecule has 0 aliphatic carbocycles. The summed E-state index contributed by atoms with van der Waals surface area (Å²) < 4.78 is 16.6. The van der Waals surface area contributed by atoms with Crippen LogP contribution in [0, 0.1) is 0 Å². The quantitative estimate of drug-likeness (QED) is 0.0433. The van der Waals surface area contributed by atoms with E-state index in [-0.39, 0.29) is 23.1 Å². The van der Waals surface area contributed by atoms with Crippen LogP contribution in [0.2, 0.25) is 0 Å². The van der Waals surface area contributed by atoms with E-state index in [9.17, 15) is 19.2 Å². The first kappa shape index (κ1) is 38.3. The number of rotatable bonds is 20. The highest BCUT2D eigenvalue weighted by atomic mass is 32.1. The fourth-order valence-corrected chi connectivity index (χ4v) is 10.6. The van der Waals surface area contributed by atoms with Gasteiger partial charge in [-0.15, -0.1) is 22.7 Å². The Bertz CT molecular complexity index is 2600. The third-order valence-electron chi connectivity index (χ3n) is 11.3. The zero-order valence-electron chi connectivity index (χ0n) is 32.5. The molecule has 8 rings (SSSR count). The topological polar surface area (TPSA) is 95.6 Å². The summed E-state index contributed by atoms with van der Waals surface area (Å²) in [6.45, 7) is 5.36. The molecule has 10 heteroatoms. The first-order chi connectivity index (χ1) is 27.4. The average molecular weight is 791 g/mol. The van der Waals surface area contributed by atoms with Crippen molar-refractivity contribution < 1.29 is 19.1 Å². The molecule has 6 aromatic heterocycles. The van der Waals surface area contributed by atoms with E-state index in [1.165, 1.54) is 51.4 Å². The minimum Gasteiger partial charge on any atom is -0.466 e. The Morgan fingerprint density at radius 3 is 1.34 bits per heavy atom. The zero-order valence-corrected chi connectivity index (χ0v) is 34.1. The van der Waals surface area contributed by atoms with Crippen LogP contribution in [-0.2, 0) is 31.9 Å². The molecule has 292 valence electrons. The number of hydrogen-bond donors (Lipinski definition) is 0. The van der Waals surface area contributed by atoms with Crippen molar-refractivity contribution in [2.24, 2.45) is 0 Å². The summed E-state index contributed by atoms with van der Waals surface area (Å²) in [5, 5.41) is 4.67. The lowest BCUT2D eigenvalue weighted by atomic mass is 9.95. The van der Waals surface area contributed by atoms with E-state index >= 15 is 0 Å². The highest BCUT2D eigenvalue weighted by molar-refractivity contribution is 7.19. The molecule has 0 unspecified atom stereocenters. The maximum atomic E-state index is 14.3. The molecular weight excluding hydrogens is 741 g/mol. The van der Waals surface area contributed by atoms with Crippen LogP contribution in [0.3, 0.4) is 0 Å². The van der Waals surface area contributed by atoms with E-state index in [2.05, 4.69) is 38.1 Å². The van der Waals surface area contributed by atoms with Gasteiger partial charge in [-0.25, -0.2) is 0 Å². The standard InChI is InChI=1S/C46H50N2O6S2/c1-3-5-7-9-11-13-23-53-41(49)21-15-29-25-37-39(55-29)27-35-31-17-18-32-36-28-40-38(26-30(56-40)16-22-42(50)54-24-14-12-10-8-6-4-2)48(36)46(52)34-20-19-33(43(31)44(32)34)45(51)47(35)37/h17-20,25-28H,3-16,21-24H2,1-2H3. The molecule has 8 nitrogen and oxygen atoms in total. The summed E-state index contributed by atoms with van der Waals surface area (Å²) in [5.74, 6) is -0.356. The Morgan fingerprint density at radius 2 is 0.911 bits per heavy atom. The maximum absolute atomic E-state index is 14.3. The van der Waals surface area contributed by atoms with Gasteiger partial charge in [0.15, 0.2) is 0 Å². The number of ether oxygens (including phenoxy) is 2. The normalized spacial score (nSPS) is 12.2. The van der Waals surface area contributed by atoms with Crippen LogP contribution in [0.15, 0.2) is 58.1 Å². The summed E-state index contributed by atoms with van der Waals surface area (Å²) in [6, 6.07) is 16.0. The SMILES string of the molecule is CCCCCCCCOC(=O)CCc1cc2c(cc3c4ccc5c6c(ccc(c(=O)n23)c46)c(=O)n2c3cc(CCC(=O)OCCCCCCCC)sc3cc52)s1. The number of carbonyl (C=O) groups is 2. The molecule has 0 amide bonds. The van der Waals surface area contributed by atoms with Gasteiger partial charge in [0.1, 0.15) is 0 Å². The first-order valence-corrected chi connectivity index (χ1v) is 22.3. The maximum Gasteiger partial charge on any atom is 0.306 e. The largest absolute Gasteiger partial charge is 0.466 e. The molecule has 0 N–H and O–H groups in total. The fraction of sp³-hybridized carbons (Fsp3) is 0.435. The molecule has 0 aliphatic heterocycles. The predicted octanol–water partition coefficient (Wildman–Crippen LogP) is 11.3. The van der Waals surface area contributed by atoms with Crippen molar-refractivity contribution in [1.29, 1.82) is 0 Å². The zero-order chi connectivity index (χ0) is 38.8. The number of aromatic nitrogens is 2. The lowest BCUT2D eigenvalue weighted by Crippen LogP contribution is -2.16. The van der Waals surface area contributed by atoms with Gasteiger partial charge >= 0.3 is 11.9 Å². The van der Waals surface area contributed by atoms with Crippen molar-refractivity contribution in [3.63, 3.8) is 0 Å². The van der Waals surface area contributed by atoms with Crippen molar-refractivity contribution >= 4 is 98.4 Å². The summed E-state index contributed by atoms with van der Waals surface area (Å²) in [6.07, 6.45) is 15.6. The van der Waals surface area contributed by atoms with Crippen molar-refractivity contribution in [3.05, 3.63) is 79.0 Å². The van der Waals surface area contributed by atoms with E-state index in [0.29, 0.717) is 49.7 Å². The number of aryl methyl sites for hydroxylation is 2. The molecule has 0 fully saturated rings. The van der Waals surface area contributed by atoms with E-state index < -0.39 is 0 Å². The van der Waals surface area contributed by atoms with Gasteiger partial charge in [0.2, 0.25) is 0 Å². The van der Waals surface area contributed by atoms with Crippen LogP contribution in [0.4, 0.5) is 0 Å². The molecule has 0 saturated carbocycles. The Labute approximate surface area is 333 Å². The van der Waals surface area contributed by atoms with Gasteiger partial charge in [0.05, 0.1) is 57.5 Å². The highest BCUT2D eigenvalue weighted by Gasteiger charge is 2.23. The van der Waals surface area contributed by atoms with Gasteiger partial charge in [0, 0.05) is 42.1 Å². The second-order valence-electron chi connectivity index (χ2n) is 15.3. The molecule has 8 aromatic rings. The Morgan fingerprint density at radius 1 is 0.518 bits per heavy atom. The van der Waals surface area contributed by atoms with Crippen LogP contribution >= 0.6 is 22.7 Å². The fourth-order valence-electron chi connectivity index (χ4n) is 8.42. The van der Waals surface area contributed by atoms with Crippen LogP contribution in [0.5, 0.6) is 0 Å². The molecule has 0 atom stereocenters. The molecule has 0 spiro atoms. The van der Waals surface area contributed by atoms with Gasteiger partial charge in [-0.2, -0.15) is 0 Å². The number of esters is 2. The molecule has 2 aromatic carbocycles. The minimum atomic E-state index is -0.178. The Kier molecular flexibility index (Phi) is 11.6. The third-order valence-corrected chi connectivity index (χ3v) is 13.6. The predicted molar refractivity (Wildman–Crippen MR) is 232 cm³/mol. The second-order valence-corrected chi connectivity index (χ2v) is 17.6. The number of pyridine rings is 2. The van der Waals surface area contributed by atoms with E-state index in [4.69, 9.17) is 9.47 Å². The smallest absolute Gasteiger partial charge is 0.306 e. The summed E-state index contributed by atoms with van der Waals surface area (Å²) >= 11 is 3.22. The van der Waals surface area contributed by atoms with Crippen molar-refractivity contribution in [2.75, 3.05) is 13.2 Å². The number of fused-ring (bicyclic) bond motifs is 8. The van der Waals surface area contributed by atoms with Crippen molar-refractivity contribution in [3.8, 4) is 0 Å². The lowest BCUT2D eigenvalue weighted by Gasteiger charge is -2.13. The van der Waals surface area contributed by atoms with Gasteiger partial charge in [0.25, 0.3) is 11.1 Å². The number of benzene rings is 2. The van der Waals surface area contributed by atoms with Crippen LogP contribution in [0.1, 0.15) is 113 Å². The number of thiophene rings is 2. The number of hydrogen-bond acceptors (Lipinski definition) is 8. The monoisotopic (exact) mass is 790 g/mol. The molecular formula is C46H50N2O6S2. The van der Waals surface area contributed by atoms with E-state index in [0.717, 1.165) is 88.4 Å². The van der Waals surface area contributed by atoms with E-state index in [1.54, 1.807) is 43.6 Å². The van der Waals surface area contributed by atoms with Crippen LogP contribution in [-0.4, -0.2) is 34.0 Å². The van der Waals surface area contributed by atoms with Gasteiger partial charge in [-0.05, 0) is 62.1 Å². The van der Waals surface area contributed by atoms with Crippen LogP contribution in [0.25, 0.3) is 63.8 Å². The molecule has 0 bridgehead atoms. The average Bonchev–Trinajstić information content (AvgIpc) is 3.96. The summed E-state index contributed by atoms with van der Waals surface area (Å²) in [7, 11) is 0. The first-order valence-electron chi connectivity index (χ1n) is 20.7. The van der Waals surface area contributed by atoms with Gasteiger partial charge < -0.3 is 9.47 Å². The number of nitrogens with zero attached hydrogens (tertiary/aromatic N) is 2. The Balaban J connectivity index is 1.02. The third kappa shape index (κ3) is 7.38. The highest BCUT2D eigenvalue weighted by Crippen LogP contribution is 2.40. The van der Waals surface area contributed by atoms with Gasteiger partial charge in [-0.3, -0.25) is 28.0 Å². The summed E-state index contributed by atoms with van der Waals surface area (Å²) in [4.78, 5) is 55.6. The molecule has 0 radical (unpaired) electrons. The van der Waals surface area contributed by atoms with Crippen molar-refractivity contribution in [1.82, 2.24) is 8.80 Å². The molecule has 56 heavy (non-hydrogen) atoms. The summed E-state index contributed by atoms with van der Waals surface area (Å²) in [5.41, 5.74) is 3.11.